The number of hydrogen-bond acceptors (Lipinski definition) is 5. The number of halogens is 4. The van der Waals surface area contributed by atoms with Crippen molar-refractivity contribution in [2.45, 2.75) is 18.9 Å². The molecule has 4 N–H and O–H groups in total. The molecular formula is C12H13BrClF2NO5. The predicted molar refractivity (Wildman–Crippen MR) is 78.5 cm³/mol. The van der Waals surface area contributed by atoms with Gasteiger partial charge in [0, 0.05) is 5.56 Å². The molecule has 10 heteroatoms. The average molecular weight is 405 g/mol. The molecule has 6 nitrogen and oxygen atoms in total. The first-order valence-electron chi connectivity index (χ1n) is 5.69. The number of rotatable bonds is 5. The van der Waals surface area contributed by atoms with Gasteiger partial charge in [-0.2, -0.15) is 8.78 Å². The lowest BCUT2D eigenvalue weighted by atomic mass is 9.98. The van der Waals surface area contributed by atoms with E-state index in [9.17, 15) is 23.5 Å². The molecule has 0 aliphatic carbocycles. The molecule has 124 valence electrons. The molecule has 0 spiro atoms. The zero-order chi connectivity index (χ0) is 16.4. The normalized spacial score (nSPS) is 12.2. The third-order valence-corrected chi connectivity index (χ3v) is 3.22. The maximum Gasteiger partial charge on any atom is 0.379 e. The lowest BCUT2D eigenvalue weighted by Gasteiger charge is -2.23. The number of alkyl halides is 2. The van der Waals surface area contributed by atoms with Gasteiger partial charge in [-0.3, -0.25) is 0 Å². The Morgan fingerprint density at radius 2 is 2.00 bits per heavy atom. The molecule has 1 aromatic rings. The molecule has 0 aliphatic rings. The maximum atomic E-state index is 13.9. The summed E-state index contributed by atoms with van der Waals surface area (Å²) in [6.45, 7) is 1.07. The summed E-state index contributed by atoms with van der Waals surface area (Å²) in [5.41, 5.74) is 4.36. The second-order valence-corrected chi connectivity index (χ2v) is 4.88. The SMILES string of the molecule is CCOC(=O)C(F)(F)[C@@H](N)c1cc(C(=O)O)cc(Br)c1O.Cl. The van der Waals surface area contributed by atoms with Gasteiger partial charge in [-0.25, -0.2) is 9.59 Å². The van der Waals surface area contributed by atoms with Crippen LogP contribution in [0.2, 0.25) is 0 Å². The van der Waals surface area contributed by atoms with Crippen LogP contribution in [-0.4, -0.2) is 34.7 Å². The van der Waals surface area contributed by atoms with E-state index in [-0.39, 0.29) is 29.1 Å². The second-order valence-electron chi connectivity index (χ2n) is 4.02. The first kappa shape index (κ1) is 20.6. The molecule has 0 bridgehead atoms. The highest BCUT2D eigenvalue weighted by Gasteiger charge is 2.49. The van der Waals surface area contributed by atoms with Crippen molar-refractivity contribution in [1.82, 2.24) is 0 Å². The van der Waals surface area contributed by atoms with E-state index >= 15 is 0 Å². The molecule has 0 amide bonds. The topological polar surface area (TPSA) is 110 Å². The average Bonchev–Trinajstić information content (AvgIpc) is 2.40. The summed E-state index contributed by atoms with van der Waals surface area (Å²) in [6.07, 6.45) is 0. The molecule has 0 heterocycles. The van der Waals surface area contributed by atoms with Crippen LogP contribution >= 0.6 is 28.3 Å². The monoisotopic (exact) mass is 403 g/mol. The third-order valence-electron chi connectivity index (χ3n) is 2.61. The number of aromatic carboxylic acids is 1. The highest BCUT2D eigenvalue weighted by molar-refractivity contribution is 9.10. The molecule has 22 heavy (non-hydrogen) atoms. The van der Waals surface area contributed by atoms with Gasteiger partial charge >= 0.3 is 17.9 Å². The summed E-state index contributed by atoms with van der Waals surface area (Å²) in [7, 11) is 0. The number of aromatic hydroxyl groups is 1. The summed E-state index contributed by atoms with van der Waals surface area (Å²) in [5.74, 6) is -8.04. The minimum absolute atomic E-state index is 0. The third kappa shape index (κ3) is 4.05. The molecule has 1 aromatic carbocycles. The fraction of sp³-hybridized carbons (Fsp3) is 0.333. The van der Waals surface area contributed by atoms with Crippen LogP contribution in [0, 0.1) is 0 Å². The minimum Gasteiger partial charge on any atom is -0.506 e. The van der Waals surface area contributed by atoms with Crippen LogP contribution in [-0.2, 0) is 9.53 Å². The molecule has 1 rings (SSSR count). The summed E-state index contributed by atoms with van der Waals surface area (Å²) in [4.78, 5) is 22.1. The van der Waals surface area contributed by atoms with E-state index in [4.69, 9.17) is 10.8 Å². The number of phenolic OH excluding ortho intramolecular Hbond substituents is 1. The molecule has 0 fully saturated rings. The van der Waals surface area contributed by atoms with Crippen molar-refractivity contribution in [3.05, 3.63) is 27.7 Å². The van der Waals surface area contributed by atoms with E-state index in [0.29, 0.717) is 0 Å². The summed E-state index contributed by atoms with van der Waals surface area (Å²) in [6, 6.07) is -0.455. The van der Waals surface area contributed by atoms with Crippen LogP contribution in [0.1, 0.15) is 28.9 Å². The van der Waals surface area contributed by atoms with E-state index < -0.39 is 35.2 Å². The Bertz CT molecular complexity index is 585. The number of esters is 1. The maximum absolute atomic E-state index is 13.9. The number of carbonyl (C=O) groups is 2. The van der Waals surface area contributed by atoms with Gasteiger partial charge in [-0.1, -0.05) is 0 Å². The largest absolute Gasteiger partial charge is 0.506 e. The first-order valence-corrected chi connectivity index (χ1v) is 6.48. The molecule has 0 saturated heterocycles. The lowest BCUT2D eigenvalue weighted by Crippen LogP contribution is -2.41. The van der Waals surface area contributed by atoms with Crippen molar-refractivity contribution in [2.24, 2.45) is 5.73 Å². The fourth-order valence-corrected chi connectivity index (χ4v) is 2.01. The second kappa shape index (κ2) is 7.70. The molecule has 1 atom stereocenters. The van der Waals surface area contributed by atoms with Gasteiger partial charge < -0.3 is 20.7 Å². The number of ether oxygens (including phenoxy) is 1. The van der Waals surface area contributed by atoms with Gasteiger partial charge in [-0.15, -0.1) is 12.4 Å². The number of benzene rings is 1. The van der Waals surface area contributed by atoms with Crippen LogP contribution in [0.5, 0.6) is 5.75 Å². The van der Waals surface area contributed by atoms with Gasteiger partial charge in [-0.05, 0) is 35.0 Å². The van der Waals surface area contributed by atoms with Crippen LogP contribution in [0.3, 0.4) is 0 Å². The van der Waals surface area contributed by atoms with Gasteiger partial charge in [0.1, 0.15) is 11.8 Å². The van der Waals surface area contributed by atoms with Crippen molar-refractivity contribution in [3.8, 4) is 5.75 Å². The van der Waals surface area contributed by atoms with Crippen LogP contribution in [0.25, 0.3) is 0 Å². The Balaban J connectivity index is 0.00000441. The zero-order valence-corrected chi connectivity index (χ0v) is 13.6. The Morgan fingerprint density at radius 1 is 1.45 bits per heavy atom. The van der Waals surface area contributed by atoms with Gasteiger partial charge in [0.2, 0.25) is 0 Å². The van der Waals surface area contributed by atoms with Crippen molar-refractivity contribution in [2.75, 3.05) is 6.61 Å². The molecule has 0 radical (unpaired) electrons. The van der Waals surface area contributed by atoms with E-state index in [1.54, 1.807) is 0 Å². The molecular weight excluding hydrogens is 391 g/mol. The number of carbonyl (C=O) groups excluding carboxylic acids is 1. The lowest BCUT2D eigenvalue weighted by molar-refractivity contribution is -0.174. The fourth-order valence-electron chi connectivity index (χ4n) is 1.53. The Morgan fingerprint density at radius 3 is 2.45 bits per heavy atom. The highest BCUT2D eigenvalue weighted by Crippen LogP contribution is 2.39. The van der Waals surface area contributed by atoms with Crippen molar-refractivity contribution in [1.29, 1.82) is 0 Å². The van der Waals surface area contributed by atoms with E-state index in [0.717, 1.165) is 12.1 Å². The van der Waals surface area contributed by atoms with Crippen LogP contribution in [0.15, 0.2) is 16.6 Å². The number of hydrogen-bond donors (Lipinski definition) is 3. The van der Waals surface area contributed by atoms with Crippen molar-refractivity contribution < 1.29 is 33.3 Å². The van der Waals surface area contributed by atoms with Crippen molar-refractivity contribution >= 4 is 40.3 Å². The number of phenols is 1. The molecule has 0 unspecified atom stereocenters. The first-order chi connectivity index (χ1) is 9.62. The summed E-state index contributed by atoms with van der Waals surface area (Å²) < 4.78 is 31.8. The molecule has 0 aliphatic heterocycles. The smallest absolute Gasteiger partial charge is 0.379 e. The molecule has 0 aromatic heterocycles. The Hall–Kier alpha value is -1.45. The number of nitrogens with two attached hydrogens (primary N) is 1. The predicted octanol–water partition coefficient (Wildman–Crippen LogP) is 2.47. The minimum atomic E-state index is -4.12. The van der Waals surface area contributed by atoms with Crippen molar-refractivity contribution in [3.63, 3.8) is 0 Å². The van der Waals surface area contributed by atoms with Gasteiger partial charge in [0.05, 0.1) is 16.6 Å². The van der Waals surface area contributed by atoms with Gasteiger partial charge in [0.15, 0.2) is 0 Å². The van der Waals surface area contributed by atoms with E-state index in [1.165, 1.54) is 6.92 Å². The standard InChI is InChI=1S/C12H12BrF2NO5.ClH/c1-2-21-11(20)12(14,15)9(16)6-3-5(10(18)19)4-7(13)8(6)17;/h3-4,9,17H,2,16H2,1H3,(H,18,19);1H/t9-;/m0./s1. The summed E-state index contributed by atoms with van der Waals surface area (Å²) >= 11 is 2.84. The number of carboxylic acid groups (broad SMARTS) is 1. The zero-order valence-electron chi connectivity index (χ0n) is 11.2. The molecule has 0 saturated carbocycles. The Kier molecular flexibility index (Phi) is 7.20. The van der Waals surface area contributed by atoms with E-state index in [1.807, 2.05) is 0 Å². The summed E-state index contributed by atoms with van der Waals surface area (Å²) in [5, 5.41) is 18.6. The quantitative estimate of drug-likeness (QED) is 0.650. The Labute approximate surface area is 138 Å². The van der Waals surface area contributed by atoms with Gasteiger partial charge in [0.25, 0.3) is 0 Å². The van der Waals surface area contributed by atoms with Crippen LogP contribution in [0.4, 0.5) is 8.78 Å². The highest BCUT2D eigenvalue weighted by atomic mass is 79.9. The van der Waals surface area contributed by atoms with E-state index in [2.05, 4.69) is 20.7 Å². The van der Waals surface area contributed by atoms with Crippen LogP contribution < -0.4 is 5.73 Å². The number of carboxylic acids is 1.